The van der Waals surface area contributed by atoms with Crippen molar-refractivity contribution in [1.82, 2.24) is 14.9 Å². The summed E-state index contributed by atoms with van der Waals surface area (Å²) in [6.45, 7) is 0. The number of thioether (sulfide) groups is 1. The molecule has 0 bridgehead atoms. The highest BCUT2D eigenvalue weighted by atomic mass is 32.2. The van der Waals surface area contributed by atoms with E-state index in [-0.39, 0.29) is 17.2 Å². The summed E-state index contributed by atoms with van der Waals surface area (Å²) in [5.74, 6) is 0.900. The molecule has 0 atom stereocenters. The zero-order valence-corrected chi connectivity index (χ0v) is 18.4. The van der Waals surface area contributed by atoms with Crippen LogP contribution in [0.2, 0.25) is 0 Å². The Morgan fingerprint density at radius 1 is 1.33 bits per heavy atom. The Bertz CT molecular complexity index is 1180. The molecule has 0 aliphatic heterocycles. The molecule has 2 heterocycles. The lowest BCUT2D eigenvalue weighted by Gasteiger charge is -2.14. The number of carbonyl (C=O) groups is 1. The van der Waals surface area contributed by atoms with E-state index in [0.717, 1.165) is 48.7 Å². The number of carbonyl (C=O) groups excluding carboxylic acids is 1. The van der Waals surface area contributed by atoms with E-state index < -0.39 is 0 Å². The molecule has 6 nitrogen and oxygen atoms in total. The van der Waals surface area contributed by atoms with Gasteiger partial charge in [-0.25, -0.2) is 4.98 Å². The highest BCUT2D eigenvalue weighted by molar-refractivity contribution is 7.99. The average molecular weight is 442 g/mol. The van der Waals surface area contributed by atoms with Crippen LogP contribution in [0.3, 0.4) is 0 Å². The first-order valence-electron chi connectivity index (χ1n) is 10.3. The minimum Gasteiger partial charge on any atom is -0.497 e. The lowest BCUT2D eigenvalue weighted by Crippen LogP contribution is -2.28. The van der Waals surface area contributed by atoms with Gasteiger partial charge in [0, 0.05) is 17.0 Å². The largest absolute Gasteiger partial charge is 0.497 e. The second kappa shape index (κ2) is 8.07. The van der Waals surface area contributed by atoms with Crippen LogP contribution in [0, 0.1) is 0 Å². The predicted octanol–water partition coefficient (Wildman–Crippen LogP) is 3.71. The van der Waals surface area contributed by atoms with Gasteiger partial charge in [-0.2, -0.15) is 0 Å². The lowest BCUT2D eigenvalue weighted by atomic mass is 9.97. The van der Waals surface area contributed by atoms with Crippen LogP contribution in [0.25, 0.3) is 15.9 Å². The maximum Gasteiger partial charge on any atom is 0.267 e. The first kappa shape index (κ1) is 19.6. The number of nitrogens with zero attached hydrogens (tertiary/aromatic N) is 2. The number of nitrogens with one attached hydrogen (secondary N) is 1. The molecule has 2 aliphatic carbocycles. The van der Waals surface area contributed by atoms with Crippen molar-refractivity contribution in [3.05, 3.63) is 45.1 Å². The smallest absolute Gasteiger partial charge is 0.267 e. The van der Waals surface area contributed by atoms with Gasteiger partial charge in [0.15, 0.2) is 5.16 Å². The number of aryl methyl sites for hydroxylation is 2. The highest BCUT2D eigenvalue weighted by Gasteiger charge is 2.25. The Balaban J connectivity index is 1.62. The summed E-state index contributed by atoms with van der Waals surface area (Å²) in [6, 6.07) is 7.75. The van der Waals surface area contributed by atoms with E-state index in [1.807, 2.05) is 24.3 Å². The van der Waals surface area contributed by atoms with Crippen molar-refractivity contribution < 1.29 is 9.53 Å². The maximum atomic E-state index is 13.7. The molecule has 0 spiro atoms. The van der Waals surface area contributed by atoms with Gasteiger partial charge in [0.25, 0.3) is 5.56 Å². The molecule has 30 heavy (non-hydrogen) atoms. The molecule has 0 unspecified atom stereocenters. The molecule has 5 rings (SSSR count). The van der Waals surface area contributed by atoms with Crippen LogP contribution in [0.1, 0.15) is 36.1 Å². The minimum atomic E-state index is -0.0576. The molecule has 156 valence electrons. The number of thiophene rings is 1. The van der Waals surface area contributed by atoms with Crippen LogP contribution in [-0.4, -0.2) is 34.4 Å². The van der Waals surface area contributed by atoms with Gasteiger partial charge in [-0.1, -0.05) is 17.8 Å². The van der Waals surface area contributed by atoms with Crippen LogP contribution in [0.5, 0.6) is 5.75 Å². The Morgan fingerprint density at radius 3 is 2.97 bits per heavy atom. The normalized spacial score (nSPS) is 15.8. The van der Waals surface area contributed by atoms with E-state index in [2.05, 4.69) is 5.32 Å². The molecule has 0 radical (unpaired) electrons. The van der Waals surface area contributed by atoms with Gasteiger partial charge in [0.1, 0.15) is 10.6 Å². The van der Waals surface area contributed by atoms with E-state index in [1.54, 1.807) is 23.0 Å². The van der Waals surface area contributed by atoms with Crippen molar-refractivity contribution >= 4 is 39.2 Å². The SMILES string of the molecule is COc1cccc(-n2c(SCC(=O)NC3CC3)nc3sc4c(c3c2=O)CCCC4)c1. The van der Waals surface area contributed by atoms with Gasteiger partial charge in [0.2, 0.25) is 5.91 Å². The molecule has 1 saturated carbocycles. The predicted molar refractivity (Wildman–Crippen MR) is 120 cm³/mol. The summed E-state index contributed by atoms with van der Waals surface area (Å²) in [7, 11) is 1.61. The van der Waals surface area contributed by atoms with Gasteiger partial charge in [0.05, 0.1) is 23.9 Å². The van der Waals surface area contributed by atoms with Gasteiger partial charge in [-0.15, -0.1) is 11.3 Å². The molecule has 3 aromatic rings. The van der Waals surface area contributed by atoms with Gasteiger partial charge in [-0.3, -0.25) is 14.2 Å². The lowest BCUT2D eigenvalue weighted by molar-refractivity contribution is -0.118. The van der Waals surface area contributed by atoms with Gasteiger partial charge in [-0.05, 0) is 56.2 Å². The molecule has 2 aliphatic rings. The molecular formula is C22H23N3O3S2. The molecular weight excluding hydrogens is 418 g/mol. The van der Waals surface area contributed by atoms with Gasteiger partial charge < -0.3 is 10.1 Å². The number of amides is 1. The Kier molecular flexibility index (Phi) is 5.28. The number of aromatic nitrogens is 2. The van der Waals surface area contributed by atoms with Crippen LogP contribution < -0.4 is 15.6 Å². The Morgan fingerprint density at radius 2 is 2.17 bits per heavy atom. The van der Waals surface area contributed by atoms with Crippen molar-refractivity contribution in [2.45, 2.75) is 49.7 Å². The second-order valence-corrected chi connectivity index (χ2v) is 9.78. The number of fused-ring (bicyclic) bond motifs is 3. The third kappa shape index (κ3) is 3.74. The second-order valence-electron chi connectivity index (χ2n) is 7.76. The van der Waals surface area contributed by atoms with Crippen molar-refractivity contribution in [3.63, 3.8) is 0 Å². The minimum absolute atomic E-state index is 0.0143. The summed E-state index contributed by atoms with van der Waals surface area (Å²) in [4.78, 5) is 32.9. The fourth-order valence-corrected chi connectivity index (χ4v) is 6.01. The van der Waals surface area contributed by atoms with E-state index in [1.165, 1.54) is 22.2 Å². The molecule has 0 saturated heterocycles. The maximum absolute atomic E-state index is 13.7. The summed E-state index contributed by atoms with van der Waals surface area (Å²) < 4.78 is 7.00. The number of methoxy groups -OCH3 is 1. The average Bonchev–Trinajstić information content (AvgIpc) is 3.49. The van der Waals surface area contributed by atoms with Gasteiger partial charge >= 0.3 is 0 Å². The third-order valence-corrected chi connectivity index (χ3v) is 7.67. The van der Waals surface area contributed by atoms with Crippen LogP contribution in [-0.2, 0) is 17.6 Å². The molecule has 1 aromatic carbocycles. The quantitative estimate of drug-likeness (QED) is 0.466. The number of hydrogen-bond acceptors (Lipinski definition) is 6. The van der Waals surface area contributed by atoms with Crippen molar-refractivity contribution in [1.29, 1.82) is 0 Å². The number of hydrogen-bond donors (Lipinski definition) is 1. The summed E-state index contributed by atoms with van der Waals surface area (Å²) in [6.07, 6.45) is 6.32. The van der Waals surface area contributed by atoms with Crippen LogP contribution in [0.4, 0.5) is 0 Å². The molecule has 2 aromatic heterocycles. The first-order chi connectivity index (χ1) is 14.6. The zero-order valence-electron chi connectivity index (χ0n) is 16.8. The number of ether oxygens (including phenoxy) is 1. The Labute approximate surface area is 182 Å². The van der Waals surface area contributed by atoms with E-state index in [9.17, 15) is 9.59 Å². The van der Waals surface area contributed by atoms with Crippen LogP contribution >= 0.6 is 23.1 Å². The third-order valence-electron chi connectivity index (χ3n) is 5.54. The molecule has 1 amide bonds. The first-order valence-corrected chi connectivity index (χ1v) is 12.1. The van der Waals surface area contributed by atoms with Crippen molar-refractivity contribution in [2.24, 2.45) is 0 Å². The molecule has 1 fully saturated rings. The topological polar surface area (TPSA) is 73.2 Å². The summed E-state index contributed by atoms with van der Waals surface area (Å²) in [5.41, 5.74) is 1.81. The Hall–Kier alpha value is -2.32. The fraction of sp³-hybridized carbons (Fsp3) is 0.409. The van der Waals surface area contributed by atoms with E-state index >= 15 is 0 Å². The summed E-state index contributed by atoms with van der Waals surface area (Å²) >= 11 is 2.95. The number of benzene rings is 1. The molecule has 1 N–H and O–H groups in total. The standard InChI is InChI=1S/C22H23N3O3S2/c1-28-15-6-4-5-14(11-15)25-21(27)19-16-7-2-3-8-17(16)30-20(19)24-22(25)29-12-18(26)23-13-9-10-13/h4-6,11,13H,2-3,7-10,12H2,1H3,(H,23,26). The van der Waals surface area contributed by atoms with Crippen molar-refractivity contribution in [2.75, 3.05) is 12.9 Å². The highest BCUT2D eigenvalue weighted by Crippen LogP contribution is 2.35. The summed E-state index contributed by atoms with van der Waals surface area (Å²) in [5, 5.41) is 4.29. The van der Waals surface area contributed by atoms with E-state index in [4.69, 9.17) is 9.72 Å². The number of rotatable bonds is 6. The van der Waals surface area contributed by atoms with Crippen LogP contribution in [0.15, 0.2) is 34.2 Å². The molecule has 8 heteroatoms. The monoisotopic (exact) mass is 441 g/mol. The van der Waals surface area contributed by atoms with Crippen molar-refractivity contribution in [3.8, 4) is 11.4 Å². The zero-order chi connectivity index (χ0) is 20.7. The van der Waals surface area contributed by atoms with E-state index in [0.29, 0.717) is 22.6 Å². The fourth-order valence-electron chi connectivity index (χ4n) is 3.89.